The van der Waals surface area contributed by atoms with Crippen molar-refractivity contribution >= 4 is 27.3 Å². The van der Waals surface area contributed by atoms with Crippen molar-refractivity contribution in [3.8, 4) is 0 Å². The van der Waals surface area contributed by atoms with Crippen molar-refractivity contribution in [2.75, 3.05) is 6.54 Å². The number of nitrogens with one attached hydrogen (secondary N) is 1. The van der Waals surface area contributed by atoms with Gasteiger partial charge in [0.15, 0.2) is 0 Å². The van der Waals surface area contributed by atoms with Crippen molar-refractivity contribution in [1.29, 1.82) is 0 Å². The van der Waals surface area contributed by atoms with Crippen LogP contribution in [0.5, 0.6) is 0 Å². The van der Waals surface area contributed by atoms with E-state index in [1.165, 1.54) is 10.9 Å². The van der Waals surface area contributed by atoms with Crippen molar-refractivity contribution in [2.24, 2.45) is 0 Å². The van der Waals surface area contributed by atoms with Crippen molar-refractivity contribution in [1.82, 2.24) is 5.32 Å². The molecule has 0 saturated heterocycles. The highest BCUT2D eigenvalue weighted by molar-refractivity contribution is 9.10. The molecule has 0 spiro atoms. The van der Waals surface area contributed by atoms with Crippen LogP contribution >= 0.6 is 27.3 Å². The van der Waals surface area contributed by atoms with Crippen molar-refractivity contribution in [2.45, 2.75) is 38.6 Å². The molecule has 0 aliphatic carbocycles. The van der Waals surface area contributed by atoms with Gasteiger partial charge in [0.05, 0.1) is 0 Å². The third-order valence-electron chi connectivity index (χ3n) is 3.52. The minimum atomic E-state index is -0.112. The number of aryl methyl sites for hydroxylation is 1. The zero-order valence-corrected chi connectivity index (χ0v) is 14.6. The standard InChI is InChI=1S/C17H21BrFNS/c1-2-20-15(5-3-6-16-7-4-10-21-16)12-13-11-14(18)8-9-17(13)19/h4,7-11,15,20H,2-3,5-6,12H2,1H3. The minimum Gasteiger partial charge on any atom is -0.314 e. The third kappa shape index (κ3) is 5.53. The predicted octanol–water partition coefficient (Wildman–Crippen LogP) is 5.19. The summed E-state index contributed by atoms with van der Waals surface area (Å²) in [6.07, 6.45) is 4.05. The van der Waals surface area contributed by atoms with Crippen molar-refractivity contribution in [3.05, 3.63) is 56.4 Å². The van der Waals surface area contributed by atoms with Gasteiger partial charge in [-0.1, -0.05) is 28.9 Å². The Morgan fingerprint density at radius 3 is 2.90 bits per heavy atom. The van der Waals surface area contributed by atoms with Gasteiger partial charge in [-0.3, -0.25) is 0 Å². The Kier molecular flexibility index (Phi) is 6.87. The second kappa shape index (κ2) is 8.66. The van der Waals surface area contributed by atoms with E-state index in [1.807, 2.05) is 17.4 Å². The maximum absolute atomic E-state index is 13.9. The first-order valence-corrected chi connectivity index (χ1v) is 9.06. The Hall–Kier alpha value is -0.710. The molecule has 0 bridgehead atoms. The van der Waals surface area contributed by atoms with Gasteiger partial charge in [0.2, 0.25) is 0 Å². The molecule has 1 aromatic carbocycles. The minimum absolute atomic E-state index is 0.112. The summed E-state index contributed by atoms with van der Waals surface area (Å²) in [7, 11) is 0. The van der Waals surface area contributed by atoms with Crippen molar-refractivity contribution in [3.63, 3.8) is 0 Å². The Labute approximate surface area is 138 Å². The first-order valence-electron chi connectivity index (χ1n) is 7.38. The summed E-state index contributed by atoms with van der Waals surface area (Å²) in [4.78, 5) is 1.43. The summed E-state index contributed by atoms with van der Waals surface area (Å²) >= 11 is 5.23. The largest absolute Gasteiger partial charge is 0.314 e. The van der Waals surface area contributed by atoms with Crippen LogP contribution in [-0.4, -0.2) is 12.6 Å². The highest BCUT2D eigenvalue weighted by Crippen LogP contribution is 2.19. The van der Waals surface area contributed by atoms with Gasteiger partial charge in [-0.15, -0.1) is 11.3 Å². The lowest BCUT2D eigenvalue weighted by atomic mass is 10.00. The third-order valence-corrected chi connectivity index (χ3v) is 4.95. The second-order valence-electron chi connectivity index (χ2n) is 5.17. The van der Waals surface area contributed by atoms with E-state index in [1.54, 1.807) is 6.07 Å². The van der Waals surface area contributed by atoms with Crippen LogP contribution in [0.25, 0.3) is 0 Å². The molecule has 2 aromatic rings. The number of likely N-dealkylation sites (N-methyl/N-ethyl adjacent to an activating group) is 1. The molecule has 1 aromatic heterocycles. The number of rotatable bonds is 8. The molecule has 1 atom stereocenters. The quantitative estimate of drug-likeness (QED) is 0.674. The monoisotopic (exact) mass is 369 g/mol. The van der Waals surface area contributed by atoms with Crippen molar-refractivity contribution < 1.29 is 4.39 Å². The van der Waals surface area contributed by atoms with E-state index in [0.29, 0.717) is 6.04 Å². The molecule has 1 heterocycles. The molecule has 2 rings (SSSR count). The normalized spacial score (nSPS) is 12.5. The van der Waals surface area contributed by atoms with E-state index in [-0.39, 0.29) is 5.82 Å². The molecule has 0 radical (unpaired) electrons. The molecule has 0 aliphatic rings. The number of benzene rings is 1. The van der Waals surface area contributed by atoms with Gasteiger partial charge in [-0.2, -0.15) is 0 Å². The van der Waals surface area contributed by atoms with E-state index in [9.17, 15) is 4.39 Å². The van der Waals surface area contributed by atoms with E-state index >= 15 is 0 Å². The SMILES string of the molecule is CCNC(CCCc1cccs1)Cc1cc(Br)ccc1F. The highest BCUT2D eigenvalue weighted by atomic mass is 79.9. The molecule has 114 valence electrons. The van der Waals surface area contributed by atoms with Gasteiger partial charge in [0, 0.05) is 15.4 Å². The van der Waals surface area contributed by atoms with E-state index < -0.39 is 0 Å². The number of hydrogen-bond donors (Lipinski definition) is 1. The number of thiophene rings is 1. The molecule has 0 saturated carbocycles. The summed E-state index contributed by atoms with van der Waals surface area (Å²) in [6, 6.07) is 9.78. The zero-order valence-electron chi connectivity index (χ0n) is 12.2. The lowest BCUT2D eigenvalue weighted by Crippen LogP contribution is -2.31. The summed E-state index contributed by atoms with van der Waals surface area (Å²) < 4.78 is 14.8. The predicted molar refractivity (Wildman–Crippen MR) is 92.5 cm³/mol. The smallest absolute Gasteiger partial charge is 0.126 e. The molecule has 0 amide bonds. The van der Waals surface area contributed by atoms with E-state index in [4.69, 9.17) is 0 Å². The average molecular weight is 370 g/mol. The fraction of sp³-hybridized carbons (Fsp3) is 0.412. The molecule has 21 heavy (non-hydrogen) atoms. The van der Waals surface area contributed by atoms with Crippen LogP contribution < -0.4 is 5.32 Å². The van der Waals surface area contributed by atoms with E-state index in [0.717, 1.165) is 42.3 Å². The van der Waals surface area contributed by atoms with Gasteiger partial charge in [-0.05, 0) is 67.4 Å². The molecular formula is C17H21BrFNS. The maximum Gasteiger partial charge on any atom is 0.126 e. The van der Waals surface area contributed by atoms with Crippen LogP contribution in [-0.2, 0) is 12.8 Å². The molecule has 4 heteroatoms. The van der Waals surface area contributed by atoms with Gasteiger partial charge in [0.1, 0.15) is 5.82 Å². The van der Waals surface area contributed by atoms with Crippen LogP contribution in [0.2, 0.25) is 0 Å². The lowest BCUT2D eigenvalue weighted by molar-refractivity contribution is 0.467. The Morgan fingerprint density at radius 2 is 2.19 bits per heavy atom. The molecule has 1 unspecified atom stereocenters. The topological polar surface area (TPSA) is 12.0 Å². The van der Waals surface area contributed by atoms with Gasteiger partial charge < -0.3 is 5.32 Å². The molecule has 0 aliphatic heterocycles. The Bertz CT molecular complexity index is 542. The highest BCUT2D eigenvalue weighted by Gasteiger charge is 2.12. The molecule has 1 N–H and O–H groups in total. The van der Waals surface area contributed by atoms with Gasteiger partial charge in [-0.25, -0.2) is 4.39 Å². The fourth-order valence-electron chi connectivity index (χ4n) is 2.51. The van der Waals surface area contributed by atoms with Crippen LogP contribution in [0.1, 0.15) is 30.2 Å². The average Bonchev–Trinajstić information content (AvgIpc) is 2.96. The summed E-state index contributed by atoms with van der Waals surface area (Å²) in [6.45, 7) is 3.02. The molecular weight excluding hydrogens is 349 g/mol. The van der Waals surface area contributed by atoms with Crippen LogP contribution in [0.15, 0.2) is 40.2 Å². The van der Waals surface area contributed by atoms with Crippen LogP contribution in [0, 0.1) is 5.82 Å². The fourth-order valence-corrected chi connectivity index (χ4v) is 3.67. The Morgan fingerprint density at radius 1 is 1.33 bits per heavy atom. The summed E-state index contributed by atoms with van der Waals surface area (Å²) in [5.41, 5.74) is 0.784. The summed E-state index contributed by atoms with van der Waals surface area (Å²) in [5, 5.41) is 5.60. The number of hydrogen-bond acceptors (Lipinski definition) is 2. The summed E-state index contributed by atoms with van der Waals surface area (Å²) in [5.74, 6) is -0.112. The maximum atomic E-state index is 13.9. The van der Waals surface area contributed by atoms with Crippen LogP contribution in [0.4, 0.5) is 4.39 Å². The Balaban J connectivity index is 1.90. The number of halogens is 2. The first-order chi connectivity index (χ1) is 10.2. The first kappa shape index (κ1) is 16.7. The van der Waals surface area contributed by atoms with Gasteiger partial charge >= 0.3 is 0 Å². The second-order valence-corrected chi connectivity index (χ2v) is 7.11. The molecule has 0 fully saturated rings. The van der Waals surface area contributed by atoms with Gasteiger partial charge in [0.25, 0.3) is 0 Å². The van der Waals surface area contributed by atoms with Crippen LogP contribution in [0.3, 0.4) is 0 Å². The lowest BCUT2D eigenvalue weighted by Gasteiger charge is -2.18. The van der Waals surface area contributed by atoms with E-state index in [2.05, 4.69) is 45.7 Å². The molecule has 1 nitrogen and oxygen atoms in total. The zero-order chi connectivity index (χ0) is 15.1.